The highest BCUT2D eigenvalue weighted by Gasteiger charge is 2.31. The molecule has 0 radical (unpaired) electrons. The molecule has 1 aromatic heterocycles. The molecule has 0 spiro atoms. The van der Waals surface area contributed by atoms with Crippen molar-refractivity contribution in [1.82, 2.24) is 9.21 Å². The first-order valence-corrected chi connectivity index (χ1v) is 11.1. The molecule has 0 unspecified atom stereocenters. The molecule has 1 amide bonds. The number of methoxy groups -OCH3 is 1. The number of piperazine rings is 1. The average molecular weight is 459 g/mol. The molecule has 3 rings (SSSR count). The highest BCUT2D eigenvalue weighted by atomic mass is 79.9. The Hall–Kier alpha value is -1.42. The van der Waals surface area contributed by atoms with Crippen LogP contribution in [0.25, 0.3) is 0 Å². The number of nitrogens with zero attached hydrogens (tertiary/aromatic N) is 2. The first-order valence-electron chi connectivity index (χ1n) is 8.02. The molecule has 1 saturated heterocycles. The van der Waals surface area contributed by atoms with Crippen LogP contribution in [0.3, 0.4) is 0 Å². The van der Waals surface area contributed by atoms with Gasteiger partial charge in [-0.05, 0) is 52.7 Å². The van der Waals surface area contributed by atoms with E-state index in [1.807, 2.05) is 13.0 Å². The van der Waals surface area contributed by atoms with Gasteiger partial charge >= 0.3 is 0 Å². The van der Waals surface area contributed by atoms with E-state index in [1.165, 1.54) is 15.6 Å². The quantitative estimate of drug-likeness (QED) is 0.705. The molecule has 0 N–H and O–H groups in total. The number of rotatable bonds is 4. The topological polar surface area (TPSA) is 66.9 Å². The van der Waals surface area contributed by atoms with Crippen molar-refractivity contribution >= 4 is 43.2 Å². The van der Waals surface area contributed by atoms with Crippen LogP contribution in [0.1, 0.15) is 15.9 Å². The molecule has 0 aliphatic carbocycles. The van der Waals surface area contributed by atoms with E-state index in [0.717, 1.165) is 9.35 Å². The van der Waals surface area contributed by atoms with Gasteiger partial charge in [0.2, 0.25) is 0 Å². The second-order valence-corrected chi connectivity index (χ2v) is 10.6. The molecular formula is C17H19BrN2O4S2. The zero-order valence-corrected chi connectivity index (χ0v) is 17.7. The normalized spacial score (nSPS) is 15.9. The maximum Gasteiger partial charge on any atom is 0.254 e. The summed E-state index contributed by atoms with van der Waals surface area (Å²) in [6.07, 6.45) is 0. The number of carbonyl (C=O) groups is 1. The lowest BCUT2D eigenvalue weighted by Crippen LogP contribution is -2.50. The van der Waals surface area contributed by atoms with Crippen LogP contribution in [-0.4, -0.2) is 56.8 Å². The number of benzene rings is 1. The fourth-order valence-electron chi connectivity index (χ4n) is 2.83. The summed E-state index contributed by atoms with van der Waals surface area (Å²) in [5, 5.41) is 0. The Balaban J connectivity index is 1.69. The molecule has 0 atom stereocenters. The van der Waals surface area contributed by atoms with E-state index >= 15 is 0 Å². The summed E-state index contributed by atoms with van der Waals surface area (Å²) in [4.78, 5) is 14.4. The largest absolute Gasteiger partial charge is 0.496 e. The first kappa shape index (κ1) is 19.3. The summed E-state index contributed by atoms with van der Waals surface area (Å²) < 4.78 is 33.1. The van der Waals surface area contributed by atoms with Crippen molar-refractivity contribution in [3.05, 3.63) is 45.2 Å². The van der Waals surface area contributed by atoms with E-state index in [1.54, 1.807) is 36.3 Å². The van der Waals surface area contributed by atoms with Gasteiger partial charge in [0.1, 0.15) is 9.96 Å². The number of sulfonamides is 1. The van der Waals surface area contributed by atoms with Gasteiger partial charge in [0.15, 0.2) is 0 Å². The Bertz CT molecular complexity index is 919. The Kier molecular flexibility index (Phi) is 5.71. The van der Waals surface area contributed by atoms with Crippen molar-refractivity contribution < 1.29 is 17.9 Å². The Morgan fingerprint density at radius 2 is 1.85 bits per heavy atom. The first-order chi connectivity index (χ1) is 12.3. The molecule has 2 heterocycles. The summed E-state index contributed by atoms with van der Waals surface area (Å²) in [5.41, 5.74) is 1.51. The number of ether oxygens (including phenoxy) is 1. The summed E-state index contributed by atoms with van der Waals surface area (Å²) in [7, 11) is -1.93. The SMILES string of the molecule is COc1cc(C(=O)N2CCN(S(=O)(=O)c3ccc(Br)s3)CC2)ccc1C. The number of halogens is 1. The van der Waals surface area contributed by atoms with Gasteiger partial charge < -0.3 is 9.64 Å². The van der Waals surface area contributed by atoms with E-state index in [-0.39, 0.29) is 19.0 Å². The lowest BCUT2D eigenvalue weighted by atomic mass is 10.1. The standard InChI is InChI=1S/C17H19BrN2O4S2/c1-12-3-4-13(11-14(12)24-2)17(21)19-7-9-20(10-8-19)26(22,23)16-6-5-15(18)25-16/h3-6,11H,7-10H2,1-2H3. The number of carbonyl (C=O) groups excluding carboxylic acids is 1. The van der Waals surface area contributed by atoms with Crippen molar-refractivity contribution in [2.24, 2.45) is 0 Å². The average Bonchev–Trinajstić information content (AvgIpc) is 3.09. The molecule has 1 aliphatic rings. The molecule has 0 saturated carbocycles. The van der Waals surface area contributed by atoms with Gasteiger partial charge in [0.05, 0.1) is 10.9 Å². The molecule has 1 aromatic carbocycles. The molecule has 26 heavy (non-hydrogen) atoms. The summed E-state index contributed by atoms with van der Waals surface area (Å²) in [5.74, 6) is 0.555. The van der Waals surface area contributed by atoms with Crippen molar-refractivity contribution in [3.8, 4) is 5.75 Å². The lowest BCUT2D eigenvalue weighted by molar-refractivity contribution is 0.0697. The maximum absolute atomic E-state index is 12.7. The van der Waals surface area contributed by atoms with Gasteiger partial charge in [-0.1, -0.05) is 6.07 Å². The Morgan fingerprint density at radius 1 is 1.15 bits per heavy atom. The van der Waals surface area contributed by atoms with E-state index in [4.69, 9.17) is 4.74 Å². The Labute approximate surface area is 165 Å². The summed E-state index contributed by atoms with van der Waals surface area (Å²) >= 11 is 4.48. The molecule has 140 valence electrons. The highest BCUT2D eigenvalue weighted by Crippen LogP contribution is 2.29. The minimum absolute atomic E-state index is 0.112. The van der Waals surface area contributed by atoms with Crippen LogP contribution in [0.4, 0.5) is 0 Å². The van der Waals surface area contributed by atoms with Gasteiger partial charge in [-0.2, -0.15) is 4.31 Å². The van der Waals surface area contributed by atoms with Crippen molar-refractivity contribution in [3.63, 3.8) is 0 Å². The molecular weight excluding hydrogens is 440 g/mol. The molecule has 6 nitrogen and oxygen atoms in total. The van der Waals surface area contributed by atoms with Crippen LogP contribution >= 0.6 is 27.3 Å². The smallest absolute Gasteiger partial charge is 0.254 e. The molecule has 1 aliphatic heterocycles. The number of aryl methyl sites for hydroxylation is 1. The molecule has 2 aromatic rings. The third-order valence-corrected chi connectivity index (χ3v) is 8.31. The monoisotopic (exact) mass is 458 g/mol. The third kappa shape index (κ3) is 3.80. The molecule has 0 bridgehead atoms. The van der Waals surface area contributed by atoms with E-state index in [9.17, 15) is 13.2 Å². The fraction of sp³-hybridized carbons (Fsp3) is 0.353. The highest BCUT2D eigenvalue weighted by molar-refractivity contribution is 9.11. The number of hydrogen-bond donors (Lipinski definition) is 0. The predicted molar refractivity (Wildman–Crippen MR) is 104 cm³/mol. The van der Waals surface area contributed by atoms with Crippen LogP contribution in [0.5, 0.6) is 5.75 Å². The zero-order chi connectivity index (χ0) is 18.9. The van der Waals surface area contributed by atoms with Gasteiger partial charge in [0, 0.05) is 31.7 Å². The minimum Gasteiger partial charge on any atom is -0.496 e. The predicted octanol–water partition coefficient (Wildman–Crippen LogP) is 2.97. The van der Waals surface area contributed by atoms with E-state index in [0.29, 0.717) is 28.6 Å². The van der Waals surface area contributed by atoms with Gasteiger partial charge in [-0.25, -0.2) is 8.42 Å². The van der Waals surface area contributed by atoms with Crippen LogP contribution in [0.2, 0.25) is 0 Å². The van der Waals surface area contributed by atoms with Crippen molar-refractivity contribution in [1.29, 1.82) is 0 Å². The summed E-state index contributed by atoms with van der Waals surface area (Å²) in [6, 6.07) is 8.67. The van der Waals surface area contributed by atoms with E-state index < -0.39 is 10.0 Å². The minimum atomic E-state index is -3.51. The van der Waals surface area contributed by atoms with Crippen LogP contribution in [0.15, 0.2) is 38.3 Å². The molecule has 1 fully saturated rings. The van der Waals surface area contributed by atoms with Crippen molar-refractivity contribution in [2.45, 2.75) is 11.1 Å². The van der Waals surface area contributed by atoms with Crippen LogP contribution in [-0.2, 0) is 10.0 Å². The van der Waals surface area contributed by atoms with Crippen molar-refractivity contribution in [2.75, 3.05) is 33.3 Å². The van der Waals surface area contributed by atoms with Crippen LogP contribution < -0.4 is 4.74 Å². The fourth-order valence-corrected chi connectivity index (χ4v) is 6.42. The second kappa shape index (κ2) is 7.67. The third-order valence-electron chi connectivity index (χ3n) is 4.32. The number of amides is 1. The molecule has 9 heteroatoms. The van der Waals surface area contributed by atoms with Crippen LogP contribution in [0, 0.1) is 6.92 Å². The van der Waals surface area contributed by atoms with Gasteiger partial charge in [-0.3, -0.25) is 4.79 Å². The van der Waals surface area contributed by atoms with Gasteiger partial charge in [0.25, 0.3) is 15.9 Å². The van der Waals surface area contributed by atoms with E-state index in [2.05, 4.69) is 15.9 Å². The maximum atomic E-state index is 12.7. The Morgan fingerprint density at radius 3 is 2.42 bits per heavy atom. The zero-order valence-electron chi connectivity index (χ0n) is 14.4. The lowest BCUT2D eigenvalue weighted by Gasteiger charge is -2.33. The van der Waals surface area contributed by atoms with Gasteiger partial charge in [-0.15, -0.1) is 11.3 Å². The summed E-state index contributed by atoms with van der Waals surface area (Å²) in [6.45, 7) is 3.21. The second-order valence-electron chi connectivity index (χ2n) is 5.94. The number of hydrogen-bond acceptors (Lipinski definition) is 5. The number of thiophene rings is 1.